The number of carbonyl (C=O) groups excluding carboxylic acids is 2. The summed E-state index contributed by atoms with van der Waals surface area (Å²) in [5.41, 5.74) is 0. The molecule has 0 saturated heterocycles. The maximum absolute atomic E-state index is 12.8. The molecule has 2 unspecified atom stereocenters. The quantitative estimate of drug-likeness (QED) is 0.0211. The Morgan fingerprint density at radius 1 is 0.457 bits per heavy atom. The Morgan fingerprint density at radius 3 is 1.21 bits per heavy atom. The number of nitrogens with zero attached hydrogens (tertiary/aromatic N) is 1. The highest BCUT2D eigenvalue weighted by Crippen LogP contribution is 2.43. The van der Waals surface area contributed by atoms with E-state index in [9.17, 15) is 19.0 Å². The van der Waals surface area contributed by atoms with Crippen molar-refractivity contribution in [3.05, 3.63) is 122 Å². The third kappa shape index (κ3) is 53.8. The molecule has 9 nitrogen and oxygen atoms in total. The topological polar surface area (TPSA) is 108 Å². The van der Waals surface area contributed by atoms with Crippen LogP contribution in [0, 0.1) is 0 Å². The second-order valence-corrected chi connectivity index (χ2v) is 20.3. The lowest BCUT2D eigenvalue weighted by Crippen LogP contribution is -2.37. The van der Waals surface area contributed by atoms with Crippen LogP contribution >= 0.6 is 7.82 Å². The Balaban J connectivity index is 4.32. The van der Waals surface area contributed by atoms with E-state index >= 15 is 0 Å². The van der Waals surface area contributed by atoms with E-state index in [1.54, 1.807) is 0 Å². The van der Waals surface area contributed by atoms with E-state index in [1.807, 2.05) is 21.1 Å². The molecule has 1 N–H and O–H groups in total. The number of esters is 2. The van der Waals surface area contributed by atoms with Gasteiger partial charge < -0.3 is 18.9 Å². The Morgan fingerprint density at radius 2 is 0.814 bits per heavy atom. The van der Waals surface area contributed by atoms with Crippen LogP contribution in [0.3, 0.4) is 0 Å². The van der Waals surface area contributed by atoms with Crippen molar-refractivity contribution in [2.75, 3.05) is 47.5 Å². The smallest absolute Gasteiger partial charge is 0.462 e. The third-order valence-electron chi connectivity index (χ3n) is 11.0. The molecular weight excluding hydrogens is 894 g/mol. The summed E-state index contributed by atoms with van der Waals surface area (Å²) in [6.07, 6.45) is 71.1. The lowest BCUT2D eigenvalue weighted by molar-refractivity contribution is -0.870. The molecule has 398 valence electrons. The zero-order valence-electron chi connectivity index (χ0n) is 45.0. The predicted molar refractivity (Wildman–Crippen MR) is 297 cm³/mol. The first-order valence-electron chi connectivity index (χ1n) is 27.3. The third-order valence-corrected chi connectivity index (χ3v) is 12.0. The number of unbranched alkanes of at least 4 members (excludes halogenated alkanes) is 14. The Hall–Kier alpha value is -3.59. The van der Waals surface area contributed by atoms with Gasteiger partial charge in [0.2, 0.25) is 0 Å². The molecule has 0 rings (SSSR count). The molecule has 70 heavy (non-hydrogen) atoms. The van der Waals surface area contributed by atoms with Gasteiger partial charge in [0.05, 0.1) is 27.7 Å². The molecule has 0 radical (unpaired) electrons. The van der Waals surface area contributed by atoms with Crippen LogP contribution in [0.4, 0.5) is 0 Å². The Labute approximate surface area is 428 Å². The van der Waals surface area contributed by atoms with Crippen molar-refractivity contribution < 1.29 is 42.1 Å². The minimum atomic E-state index is -4.40. The monoisotopic (exact) mass is 995 g/mol. The summed E-state index contributed by atoms with van der Waals surface area (Å²) in [5.74, 6) is -0.846. The fourth-order valence-corrected chi connectivity index (χ4v) is 7.51. The summed E-state index contributed by atoms with van der Waals surface area (Å²) in [5, 5.41) is 0. The lowest BCUT2D eigenvalue weighted by atomic mass is 10.1. The molecule has 0 saturated carbocycles. The van der Waals surface area contributed by atoms with Crippen molar-refractivity contribution in [1.82, 2.24) is 0 Å². The van der Waals surface area contributed by atoms with Crippen LogP contribution in [0.15, 0.2) is 122 Å². The fraction of sp³-hybridized carbons (Fsp3) is 0.633. The van der Waals surface area contributed by atoms with Crippen molar-refractivity contribution in [2.24, 2.45) is 0 Å². The molecule has 10 heteroatoms. The van der Waals surface area contributed by atoms with Crippen LogP contribution in [0.5, 0.6) is 0 Å². The number of rotatable bonds is 48. The fourth-order valence-electron chi connectivity index (χ4n) is 6.76. The standard InChI is InChI=1S/C60H100NO8P/c1-6-8-10-12-14-16-18-20-22-24-25-26-27-28-29-30-31-32-33-34-35-37-39-41-43-45-47-49-51-53-60(63)69-58(57-68-70(64,65)67-55-54-61(3,4)5)56-66-59(62)52-50-48-46-44-42-40-38-36-23-21-19-17-15-13-11-9-7-2/h8,10,14-17,20-23,25-26,28-29,31-32,34-35,39,41,58H,6-7,9,11-13,18-19,24,27,30,33,36-38,40,42-57H2,1-5H3/p+1/b10-8-,16-14-,17-15-,22-20-,23-21-,26-25-,29-28-,32-31-,35-34-,41-39-. The molecule has 0 aromatic rings. The van der Waals surface area contributed by atoms with Gasteiger partial charge in [0.1, 0.15) is 19.8 Å². The second-order valence-electron chi connectivity index (χ2n) is 18.9. The van der Waals surface area contributed by atoms with Gasteiger partial charge in [-0.25, -0.2) is 4.57 Å². The number of phosphoric ester groups is 1. The number of allylic oxidation sites excluding steroid dienone is 20. The SMILES string of the molecule is CC/C=C\C/C=C\C/C=C\C/C=C\C/C=C\C/C=C\C/C=C\C/C=C\CCCCCCC(=O)OC(COC(=O)CCCCCCCCC/C=C\C/C=C\CCCCC)COP(=O)(O)OCC[N+](C)(C)C. The van der Waals surface area contributed by atoms with Crippen LogP contribution in [-0.2, 0) is 32.7 Å². The first-order chi connectivity index (χ1) is 34.0. The molecule has 0 aliphatic carbocycles. The van der Waals surface area contributed by atoms with Gasteiger partial charge in [-0.3, -0.25) is 18.6 Å². The maximum Gasteiger partial charge on any atom is 0.472 e. The van der Waals surface area contributed by atoms with Crippen molar-refractivity contribution in [3.8, 4) is 0 Å². The van der Waals surface area contributed by atoms with E-state index in [0.29, 0.717) is 17.4 Å². The van der Waals surface area contributed by atoms with E-state index in [0.717, 1.165) is 116 Å². The molecule has 0 aliphatic heterocycles. The van der Waals surface area contributed by atoms with E-state index < -0.39 is 26.5 Å². The normalized spacial score (nSPS) is 14.3. The van der Waals surface area contributed by atoms with Gasteiger partial charge in [-0.2, -0.15) is 0 Å². The number of hydrogen-bond donors (Lipinski definition) is 1. The minimum Gasteiger partial charge on any atom is -0.462 e. The molecule has 0 heterocycles. The molecule has 0 aliphatic rings. The number of phosphoric acid groups is 1. The van der Waals surface area contributed by atoms with Crippen LogP contribution in [0.25, 0.3) is 0 Å². The molecule has 0 bridgehead atoms. The summed E-state index contributed by atoms with van der Waals surface area (Å²) >= 11 is 0. The molecule has 0 fully saturated rings. The van der Waals surface area contributed by atoms with Crippen LogP contribution in [-0.4, -0.2) is 74.9 Å². The number of likely N-dealkylation sites (N-methyl/N-ethyl adjacent to an activating group) is 1. The summed E-state index contributed by atoms with van der Waals surface area (Å²) in [4.78, 5) is 35.6. The number of hydrogen-bond acceptors (Lipinski definition) is 7. The average Bonchev–Trinajstić information content (AvgIpc) is 3.32. The molecular formula is C60H101NO8P+. The summed E-state index contributed by atoms with van der Waals surface area (Å²) in [7, 11) is 1.43. The van der Waals surface area contributed by atoms with Crippen molar-refractivity contribution in [3.63, 3.8) is 0 Å². The zero-order chi connectivity index (χ0) is 51.3. The van der Waals surface area contributed by atoms with Gasteiger partial charge in [-0.05, 0) is 109 Å². The molecule has 2 atom stereocenters. The van der Waals surface area contributed by atoms with E-state index in [2.05, 4.69) is 135 Å². The first-order valence-corrected chi connectivity index (χ1v) is 28.8. The minimum absolute atomic E-state index is 0.0179. The Kier molecular flexibility index (Phi) is 47.8. The van der Waals surface area contributed by atoms with Crippen LogP contribution in [0.1, 0.15) is 194 Å². The maximum atomic E-state index is 12.8. The number of quaternary nitrogens is 1. The average molecular weight is 995 g/mol. The highest BCUT2D eigenvalue weighted by Gasteiger charge is 2.27. The lowest BCUT2D eigenvalue weighted by Gasteiger charge is -2.24. The summed E-state index contributed by atoms with van der Waals surface area (Å²) < 4.78 is 34.5. The second kappa shape index (κ2) is 50.4. The first kappa shape index (κ1) is 66.4. The zero-order valence-corrected chi connectivity index (χ0v) is 45.8. The van der Waals surface area contributed by atoms with E-state index in [1.165, 1.54) is 44.9 Å². The molecule has 0 amide bonds. The largest absolute Gasteiger partial charge is 0.472 e. The summed E-state index contributed by atoms with van der Waals surface area (Å²) in [6, 6.07) is 0. The van der Waals surface area contributed by atoms with Gasteiger partial charge >= 0.3 is 19.8 Å². The van der Waals surface area contributed by atoms with Gasteiger partial charge in [0, 0.05) is 12.8 Å². The number of ether oxygens (including phenoxy) is 2. The van der Waals surface area contributed by atoms with E-state index in [-0.39, 0.29) is 32.0 Å². The van der Waals surface area contributed by atoms with Crippen molar-refractivity contribution >= 4 is 19.8 Å². The molecule has 0 spiro atoms. The molecule has 0 aromatic heterocycles. The van der Waals surface area contributed by atoms with Gasteiger partial charge in [-0.1, -0.05) is 193 Å². The van der Waals surface area contributed by atoms with Crippen LogP contribution < -0.4 is 0 Å². The highest BCUT2D eigenvalue weighted by molar-refractivity contribution is 7.47. The number of carbonyl (C=O) groups is 2. The van der Waals surface area contributed by atoms with Gasteiger partial charge in [0.15, 0.2) is 6.10 Å². The predicted octanol–water partition coefficient (Wildman–Crippen LogP) is 16.8. The van der Waals surface area contributed by atoms with Crippen LogP contribution in [0.2, 0.25) is 0 Å². The van der Waals surface area contributed by atoms with E-state index in [4.69, 9.17) is 18.5 Å². The summed E-state index contributed by atoms with van der Waals surface area (Å²) in [6.45, 7) is 4.23. The van der Waals surface area contributed by atoms with Crippen molar-refractivity contribution in [1.29, 1.82) is 0 Å². The highest BCUT2D eigenvalue weighted by atomic mass is 31.2. The molecule has 0 aromatic carbocycles. The van der Waals surface area contributed by atoms with Crippen molar-refractivity contribution in [2.45, 2.75) is 200 Å². The Bertz CT molecular complexity index is 1590. The van der Waals surface area contributed by atoms with Gasteiger partial charge in [0.25, 0.3) is 0 Å². The van der Waals surface area contributed by atoms with Gasteiger partial charge in [-0.15, -0.1) is 0 Å².